The lowest BCUT2D eigenvalue weighted by Crippen LogP contribution is -2.29. The minimum atomic E-state index is -0.396. The van der Waals surface area contributed by atoms with Gasteiger partial charge in [-0.05, 0) is 92.9 Å². The normalized spacial score (nSPS) is 18.8. The van der Waals surface area contributed by atoms with Gasteiger partial charge in [0.1, 0.15) is 11.2 Å². The van der Waals surface area contributed by atoms with E-state index in [1.165, 1.54) is 0 Å². The summed E-state index contributed by atoms with van der Waals surface area (Å²) in [6.45, 7) is 11.6. The van der Waals surface area contributed by atoms with Crippen LogP contribution in [0.3, 0.4) is 0 Å². The van der Waals surface area contributed by atoms with Crippen LogP contribution in [0, 0.1) is 10.8 Å². The molecule has 0 spiro atoms. The highest BCUT2D eigenvalue weighted by atomic mass is 16.6. The molecule has 0 atom stereocenters. The molecular formula is C28H50O5. The first-order valence-corrected chi connectivity index (χ1v) is 13.3. The van der Waals surface area contributed by atoms with Gasteiger partial charge in [-0.25, -0.2) is 0 Å². The fourth-order valence-corrected chi connectivity index (χ4v) is 4.59. The van der Waals surface area contributed by atoms with E-state index in [0.717, 1.165) is 89.9 Å². The minimum absolute atomic E-state index is 0.00409. The maximum absolute atomic E-state index is 12.4. The van der Waals surface area contributed by atoms with Crippen molar-refractivity contribution in [2.45, 2.75) is 149 Å². The van der Waals surface area contributed by atoms with Gasteiger partial charge in [0.25, 0.3) is 0 Å². The molecule has 0 amide bonds. The number of unbranched alkanes of at least 4 members (excludes halogenated alkanes) is 4. The molecule has 2 saturated carbocycles. The molecule has 0 heterocycles. The van der Waals surface area contributed by atoms with Crippen molar-refractivity contribution in [2.24, 2.45) is 10.8 Å². The number of carbonyl (C=O) groups is 2. The second kappa shape index (κ2) is 11.6. The third kappa shape index (κ3) is 9.96. The number of hydrogen-bond acceptors (Lipinski definition) is 5. The topological polar surface area (TPSA) is 61.8 Å². The highest BCUT2D eigenvalue weighted by molar-refractivity contribution is 5.80. The van der Waals surface area contributed by atoms with E-state index >= 15 is 0 Å². The molecule has 0 unspecified atom stereocenters. The van der Waals surface area contributed by atoms with Crippen LogP contribution in [-0.2, 0) is 23.8 Å². The number of hydrogen-bond donors (Lipinski definition) is 0. The molecule has 0 aromatic rings. The second-order valence-electron chi connectivity index (χ2n) is 12.6. The molecule has 5 heteroatoms. The molecule has 0 radical (unpaired) electrons. The van der Waals surface area contributed by atoms with Crippen molar-refractivity contribution in [2.75, 3.05) is 7.11 Å². The van der Waals surface area contributed by atoms with Gasteiger partial charge >= 0.3 is 11.9 Å². The van der Waals surface area contributed by atoms with Gasteiger partial charge in [-0.15, -0.1) is 0 Å². The Bertz CT molecular complexity index is 578. The largest absolute Gasteiger partial charge is 0.460 e. The van der Waals surface area contributed by atoms with Gasteiger partial charge in [0, 0.05) is 7.11 Å². The van der Waals surface area contributed by atoms with Gasteiger partial charge in [-0.3, -0.25) is 9.59 Å². The van der Waals surface area contributed by atoms with Gasteiger partial charge in [-0.1, -0.05) is 38.5 Å². The number of ether oxygens (including phenoxy) is 3. The van der Waals surface area contributed by atoms with Crippen molar-refractivity contribution in [3.63, 3.8) is 0 Å². The standard InChI is InChI=1S/C28H50O5/c1-25(2,3)32-23(29)27(18-19-27)16-12-8-10-14-22(31-7)15-11-9-13-17-28(20-21-28)24(30)33-26(4,5)6/h22H,8-21H2,1-7H3. The van der Waals surface area contributed by atoms with Crippen LogP contribution in [0.2, 0.25) is 0 Å². The number of esters is 2. The molecule has 2 aliphatic carbocycles. The van der Waals surface area contributed by atoms with Crippen molar-refractivity contribution in [3.05, 3.63) is 0 Å². The van der Waals surface area contributed by atoms with E-state index < -0.39 is 11.2 Å². The zero-order chi connectivity index (χ0) is 24.8. The molecular weight excluding hydrogens is 416 g/mol. The molecule has 0 aliphatic heterocycles. The Morgan fingerprint density at radius 3 is 1.30 bits per heavy atom. The van der Waals surface area contributed by atoms with Crippen molar-refractivity contribution in [3.8, 4) is 0 Å². The molecule has 0 N–H and O–H groups in total. The lowest BCUT2D eigenvalue weighted by molar-refractivity contribution is -0.163. The molecule has 0 bridgehead atoms. The molecule has 0 saturated heterocycles. The van der Waals surface area contributed by atoms with Crippen LogP contribution in [0.15, 0.2) is 0 Å². The Hall–Kier alpha value is -1.10. The SMILES string of the molecule is COC(CCCCCC1(C(=O)OC(C)(C)C)CC1)CCCCCC1(C(=O)OC(C)(C)C)CC1. The Morgan fingerprint density at radius 1 is 0.667 bits per heavy atom. The quantitative estimate of drug-likeness (QED) is 0.189. The molecule has 5 nitrogen and oxygen atoms in total. The fraction of sp³-hybridized carbons (Fsp3) is 0.929. The van der Waals surface area contributed by atoms with Crippen LogP contribution in [0.4, 0.5) is 0 Å². The Labute approximate surface area is 202 Å². The number of rotatable bonds is 15. The van der Waals surface area contributed by atoms with Crippen LogP contribution in [0.5, 0.6) is 0 Å². The predicted molar refractivity (Wildman–Crippen MR) is 132 cm³/mol. The van der Waals surface area contributed by atoms with E-state index in [0.29, 0.717) is 6.10 Å². The maximum Gasteiger partial charge on any atom is 0.312 e. The number of methoxy groups -OCH3 is 1. The summed E-state index contributed by atoms with van der Waals surface area (Å²) >= 11 is 0. The average Bonchev–Trinajstić information content (AvgIpc) is 3.59. The predicted octanol–water partition coefficient (Wildman–Crippen LogP) is 7.15. The third-order valence-electron chi connectivity index (χ3n) is 7.07. The monoisotopic (exact) mass is 466 g/mol. The van der Waals surface area contributed by atoms with E-state index in [-0.39, 0.29) is 22.8 Å². The summed E-state index contributed by atoms with van der Waals surface area (Å²) in [6.07, 6.45) is 15.1. The summed E-state index contributed by atoms with van der Waals surface area (Å²) in [5.41, 5.74) is -1.17. The van der Waals surface area contributed by atoms with Gasteiger partial charge in [-0.2, -0.15) is 0 Å². The van der Waals surface area contributed by atoms with Gasteiger partial charge in [0.15, 0.2) is 0 Å². The lowest BCUT2D eigenvalue weighted by atomic mass is 9.95. The summed E-state index contributed by atoms with van der Waals surface area (Å²) < 4.78 is 16.9. The average molecular weight is 467 g/mol. The summed E-state index contributed by atoms with van der Waals surface area (Å²) in [5.74, 6) is 0.00817. The van der Waals surface area contributed by atoms with Crippen LogP contribution >= 0.6 is 0 Å². The van der Waals surface area contributed by atoms with Crippen LogP contribution < -0.4 is 0 Å². The van der Waals surface area contributed by atoms with Crippen LogP contribution in [-0.4, -0.2) is 36.4 Å². The molecule has 2 rings (SSSR count). The van der Waals surface area contributed by atoms with Crippen LogP contribution in [0.25, 0.3) is 0 Å². The Balaban J connectivity index is 1.54. The lowest BCUT2D eigenvalue weighted by Gasteiger charge is -2.24. The summed E-state index contributed by atoms with van der Waals surface area (Å²) in [5, 5.41) is 0. The van der Waals surface area contributed by atoms with Gasteiger partial charge in [0.2, 0.25) is 0 Å². The zero-order valence-corrected chi connectivity index (χ0v) is 22.5. The summed E-state index contributed by atoms with van der Waals surface area (Å²) in [7, 11) is 1.81. The molecule has 192 valence electrons. The summed E-state index contributed by atoms with van der Waals surface area (Å²) in [4.78, 5) is 24.9. The maximum atomic E-state index is 12.4. The second-order valence-corrected chi connectivity index (χ2v) is 12.6. The molecule has 33 heavy (non-hydrogen) atoms. The van der Waals surface area contributed by atoms with Crippen LogP contribution in [0.1, 0.15) is 131 Å². The highest BCUT2D eigenvalue weighted by Crippen LogP contribution is 2.52. The Kier molecular flexibility index (Phi) is 9.85. The van der Waals surface area contributed by atoms with Crippen molar-refractivity contribution < 1.29 is 23.8 Å². The molecule has 2 fully saturated rings. The third-order valence-corrected chi connectivity index (χ3v) is 7.07. The zero-order valence-electron chi connectivity index (χ0n) is 22.5. The fourth-order valence-electron chi connectivity index (χ4n) is 4.59. The van der Waals surface area contributed by atoms with E-state index in [1.54, 1.807) is 0 Å². The van der Waals surface area contributed by atoms with E-state index in [9.17, 15) is 9.59 Å². The van der Waals surface area contributed by atoms with Crippen molar-refractivity contribution in [1.29, 1.82) is 0 Å². The minimum Gasteiger partial charge on any atom is -0.460 e. The van der Waals surface area contributed by atoms with E-state index in [2.05, 4.69) is 0 Å². The first-order valence-electron chi connectivity index (χ1n) is 13.3. The van der Waals surface area contributed by atoms with E-state index in [1.807, 2.05) is 48.7 Å². The molecule has 0 aromatic heterocycles. The van der Waals surface area contributed by atoms with Crippen molar-refractivity contribution in [1.82, 2.24) is 0 Å². The van der Waals surface area contributed by atoms with Crippen molar-refractivity contribution >= 4 is 11.9 Å². The first-order chi connectivity index (χ1) is 15.3. The number of carbonyl (C=O) groups excluding carboxylic acids is 2. The smallest absolute Gasteiger partial charge is 0.312 e. The Morgan fingerprint density at radius 2 is 1.03 bits per heavy atom. The van der Waals surface area contributed by atoms with Gasteiger partial charge < -0.3 is 14.2 Å². The van der Waals surface area contributed by atoms with E-state index in [4.69, 9.17) is 14.2 Å². The molecule has 2 aliphatic rings. The highest BCUT2D eigenvalue weighted by Gasteiger charge is 2.52. The first kappa shape index (κ1) is 28.1. The van der Waals surface area contributed by atoms with Gasteiger partial charge in [0.05, 0.1) is 16.9 Å². The molecule has 0 aromatic carbocycles. The summed E-state index contributed by atoms with van der Waals surface area (Å²) in [6, 6.07) is 0.